The first-order valence-corrected chi connectivity index (χ1v) is 5.90. The Morgan fingerprint density at radius 3 is 2.76 bits per heavy atom. The molecule has 1 aromatic carbocycles. The van der Waals surface area contributed by atoms with Gasteiger partial charge in [0, 0.05) is 5.69 Å². The lowest BCUT2D eigenvalue weighted by Crippen LogP contribution is -2.56. The quantitative estimate of drug-likeness (QED) is 0.676. The molecule has 1 saturated carbocycles. The van der Waals surface area contributed by atoms with E-state index in [1.54, 1.807) is 12.1 Å². The van der Waals surface area contributed by atoms with E-state index in [9.17, 15) is 9.90 Å². The highest BCUT2D eigenvalue weighted by Crippen LogP contribution is 2.31. The van der Waals surface area contributed by atoms with Crippen molar-refractivity contribution >= 4 is 11.6 Å². The van der Waals surface area contributed by atoms with Crippen molar-refractivity contribution in [1.82, 2.24) is 5.32 Å². The summed E-state index contributed by atoms with van der Waals surface area (Å²) in [6.45, 7) is 0.0235. The van der Waals surface area contributed by atoms with Gasteiger partial charge in [0.25, 0.3) is 0 Å². The fourth-order valence-corrected chi connectivity index (χ4v) is 2.15. The van der Waals surface area contributed by atoms with E-state index >= 15 is 0 Å². The van der Waals surface area contributed by atoms with Gasteiger partial charge in [-0.3, -0.25) is 4.79 Å². The number of nitrogen functional groups attached to an aromatic ring is 1. The smallest absolute Gasteiger partial charge is 0.224 e. The van der Waals surface area contributed by atoms with Gasteiger partial charge in [-0.25, -0.2) is 0 Å². The molecule has 0 heterocycles. The van der Waals surface area contributed by atoms with Crippen molar-refractivity contribution in [2.24, 2.45) is 0 Å². The van der Waals surface area contributed by atoms with Crippen LogP contribution in [0.1, 0.15) is 24.8 Å². The van der Waals surface area contributed by atoms with E-state index in [1.807, 2.05) is 12.1 Å². The minimum atomic E-state index is -0.364. The molecular formula is C13H18N2O2. The Morgan fingerprint density at radius 2 is 2.24 bits per heavy atom. The molecule has 4 N–H and O–H groups in total. The van der Waals surface area contributed by atoms with Crippen molar-refractivity contribution in [3.63, 3.8) is 0 Å². The van der Waals surface area contributed by atoms with E-state index < -0.39 is 0 Å². The monoisotopic (exact) mass is 234 g/mol. The number of nitrogens with two attached hydrogens (primary N) is 1. The third-order valence-electron chi connectivity index (χ3n) is 3.33. The van der Waals surface area contributed by atoms with Gasteiger partial charge in [-0.2, -0.15) is 0 Å². The second-order valence-corrected chi connectivity index (χ2v) is 4.76. The minimum absolute atomic E-state index is 0.0235. The average molecular weight is 234 g/mol. The molecule has 92 valence electrons. The van der Waals surface area contributed by atoms with Crippen LogP contribution in [0.5, 0.6) is 0 Å². The number of amides is 1. The topological polar surface area (TPSA) is 75.4 Å². The average Bonchev–Trinajstić information content (AvgIpc) is 2.23. The van der Waals surface area contributed by atoms with Crippen LogP contribution >= 0.6 is 0 Å². The standard InChI is InChI=1S/C13H18N2O2/c14-11-4-1-3-10(7-11)8-12(17)15-13(9-16)5-2-6-13/h1,3-4,7,16H,2,5-6,8-9,14H2,(H,15,17). The van der Waals surface area contributed by atoms with Gasteiger partial charge in [-0.15, -0.1) is 0 Å². The lowest BCUT2D eigenvalue weighted by Gasteiger charge is -2.41. The molecule has 0 aliphatic heterocycles. The first-order chi connectivity index (χ1) is 8.13. The van der Waals surface area contributed by atoms with Crippen molar-refractivity contribution < 1.29 is 9.90 Å². The SMILES string of the molecule is Nc1cccc(CC(=O)NC2(CO)CCC2)c1. The van der Waals surface area contributed by atoms with Gasteiger partial charge in [0.2, 0.25) is 5.91 Å². The summed E-state index contributed by atoms with van der Waals surface area (Å²) in [7, 11) is 0. The molecule has 1 amide bonds. The van der Waals surface area contributed by atoms with Crippen LogP contribution in [0.3, 0.4) is 0 Å². The van der Waals surface area contributed by atoms with E-state index in [-0.39, 0.29) is 18.1 Å². The fourth-order valence-electron chi connectivity index (χ4n) is 2.15. The van der Waals surface area contributed by atoms with Crippen molar-refractivity contribution in [2.75, 3.05) is 12.3 Å². The summed E-state index contributed by atoms with van der Waals surface area (Å²) in [5.41, 5.74) is 6.85. The number of hydrogen-bond acceptors (Lipinski definition) is 3. The zero-order valence-electron chi connectivity index (χ0n) is 9.78. The third-order valence-corrected chi connectivity index (χ3v) is 3.33. The summed E-state index contributed by atoms with van der Waals surface area (Å²) in [4.78, 5) is 11.8. The van der Waals surface area contributed by atoms with Crippen LogP contribution in [0.4, 0.5) is 5.69 Å². The van der Waals surface area contributed by atoms with Gasteiger partial charge in [0.1, 0.15) is 0 Å². The molecule has 1 fully saturated rings. The van der Waals surface area contributed by atoms with E-state index in [2.05, 4.69) is 5.32 Å². The zero-order valence-corrected chi connectivity index (χ0v) is 9.78. The van der Waals surface area contributed by atoms with Crippen LogP contribution in [0, 0.1) is 0 Å². The van der Waals surface area contributed by atoms with Crippen molar-refractivity contribution in [1.29, 1.82) is 0 Å². The maximum absolute atomic E-state index is 11.8. The molecule has 0 unspecified atom stereocenters. The molecule has 0 atom stereocenters. The largest absolute Gasteiger partial charge is 0.399 e. The summed E-state index contributed by atoms with van der Waals surface area (Å²) >= 11 is 0. The first kappa shape index (κ1) is 11.9. The molecule has 4 heteroatoms. The lowest BCUT2D eigenvalue weighted by atomic mass is 9.77. The number of aliphatic hydroxyl groups is 1. The second kappa shape index (κ2) is 4.75. The van der Waals surface area contributed by atoms with Crippen LogP contribution in [0.15, 0.2) is 24.3 Å². The molecule has 0 saturated heterocycles. The summed E-state index contributed by atoms with van der Waals surface area (Å²) in [5.74, 6) is -0.0515. The molecule has 0 radical (unpaired) electrons. The summed E-state index contributed by atoms with van der Waals surface area (Å²) in [6.07, 6.45) is 3.12. The third kappa shape index (κ3) is 2.77. The van der Waals surface area contributed by atoms with E-state index in [4.69, 9.17) is 5.73 Å². The number of benzene rings is 1. The Balaban J connectivity index is 1.93. The van der Waals surface area contributed by atoms with E-state index in [0.29, 0.717) is 12.1 Å². The minimum Gasteiger partial charge on any atom is -0.399 e. The summed E-state index contributed by atoms with van der Waals surface area (Å²) in [5, 5.41) is 12.2. The lowest BCUT2D eigenvalue weighted by molar-refractivity contribution is -0.124. The maximum atomic E-state index is 11.8. The molecule has 1 aliphatic rings. The number of aliphatic hydroxyl groups excluding tert-OH is 1. The predicted molar refractivity (Wildman–Crippen MR) is 66.4 cm³/mol. The van der Waals surface area contributed by atoms with Gasteiger partial charge < -0.3 is 16.2 Å². The predicted octanol–water partition coefficient (Wildman–Crippen LogP) is 0.842. The van der Waals surface area contributed by atoms with Crippen LogP contribution < -0.4 is 11.1 Å². The van der Waals surface area contributed by atoms with E-state index in [0.717, 1.165) is 24.8 Å². The van der Waals surface area contributed by atoms with Crippen LogP contribution in [0.25, 0.3) is 0 Å². The van der Waals surface area contributed by atoms with Gasteiger partial charge in [0.15, 0.2) is 0 Å². The first-order valence-electron chi connectivity index (χ1n) is 5.90. The van der Waals surface area contributed by atoms with Gasteiger partial charge >= 0.3 is 0 Å². The fraction of sp³-hybridized carbons (Fsp3) is 0.462. The highest BCUT2D eigenvalue weighted by atomic mass is 16.3. The van der Waals surface area contributed by atoms with E-state index in [1.165, 1.54) is 0 Å². The Labute approximate surface area is 101 Å². The Kier molecular flexibility index (Phi) is 3.33. The van der Waals surface area contributed by atoms with Crippen molar-refractivity contribution in [2.45, 2.75) is 31.2 Å². The Hall–Kier alpha value is -1.55. The number of carbonyl (C=O) groups excluding carboxylic acids is 1. The molecule has 0 bridgehead atoms. The molecule has 17 heavy (non-hydrogen) atoms. The highest BCUT2D eigenvalue weighted by Gasteiger charge is 2.37. The second-order valence-electron chi connectivity index (χ2n) is 4.76. The number of hydrogen-bond donors (Lipinski definition) is 3. The number of carbonyl (C=O) groups is 1. The maximum Gasteiger partial charge on any atom is 0.224 e. The normalized spacial score (nSPS) is 17.2. The van der Waals surface area contributed by atoms with Crippen molar-refractivity contribution in [3.8, 4) is 0 Å². The Bertz CT molecular complexity index is 408. The number of nitrogens with one attached hydrogen (secondary N) is 1. The number of rotatable bonds is 4. The molecule has 1 aliphatic carbocycles. The molecule has 0 aromatic heterocycles. The van der Waals surface area contributed by atoms with Crippen LogP contribution in [-0.2, 0) is 11.2 Å². The molecule has 4 nitrogen and oxygen atoms in total. The summed E-state index contributed by atoms with van der Waals surface area (Å²) in [6, 6.07) is 7.31. The van der Waals surface area contributed by atoms with Crippen LogP contribution in [-0.4, -0.2) is 23.2 Å². The van der Waals surface area contributed by atoms with Gasteiger partial charge in [0.05, 0.1) is 18.6 Å². The highest BCUT2D eigenvalue weighted by molar-refractivity contribution is 5.79. The van der Waals surface area contributed by atoms with Crippen LogP contribution in [0.2, 0.25) is 0 Å². The summed E-state index contributed by atoms with van der Waals surface area (Å²) < 4.78 is 0. The molecular weight excluding hydrogens is 216 g/mol. The molecule has 1 aromatic rings. The zero-order chi connectivity index (χ0) is 12.3. The number of anilines is 1. The molecule has 0 spiro atoms. The van der Waals surface area contributed by atoms with Crippen molar-refractivity contribution in [3.05, 3.63) is 29.8 Å². The Morgan fingerprint density at radius 1 is 1.47 bits per heavy atom. The van der Waals surface area contributed by atoms with Gasteiger partial charge in [-0.05, 0) is 37.0 Å². The molecule has 2 rings (SSSR count). The van der Waals surface area contributed by atoms with Gasteiger partial charge in [-0.1, -0.05) is 12.1 Å².